The van der Waals surface area contributed by atoms with Crippen molar-refractivity contribution in [1.29, 1.82) is 0 Å². The topological polar surface area (TPSA) is 117 Å². The quantitative estimate of drug-likeness (QED) is 0.767. The second-order valence-corrected chi connectivity index (χ2v) is 5.22. The van der Waals surface area contributed by atoms with Crippen molar-refractivity contribution >= 4 is 11.9 Å². The number of ether oxygens (including phenoxy) is 3. The van der Waals surface area contributed by atoms with E-state index in [9.17, 15) is 19.2 Å². The third-order valence-corrected chi connectivity index (χ3v) is 3.32. The van der Waals surface area contributed by atoms with Crippen molar-refractivity contribution in [3.8, 4) is 0 Å². The molecule has 0 bridgehead atoms. The number of carbonyl (C=O) groups is 2. The molecular weight excluding hydrogens is 308 g/mol. The molecule has 23 heavy (non-hydrogen) atoms. The van der Waals surface area contributed by atoms with Crippen molar-refractivity contribution in [3.63, 3.8) is 0 Å². The normalized spacial score (nSPS) is 26.5. The summed E-state index contributed by atoms with van der Waals surface area (Å²) in [5.41, 5.74) is -2.89. The molecule has 1 aromatic rings. The molecule has 3 atom stereocenters. The molecular formula is C14H16N2O7. The molecule has 2 heterocycles. The maximum atomic E-state index is 12.0. The highest BCUT2D eigenvalue weighted by atomic mass is 16.6. The first kappa shape index (κ1) is 16.5. The Morgan fingerprint density at radius 3 is 2.52 bits per heavy atom. The first-order valence-corrected chi connectivity index (χ1v) is 6.69. The molecule has 1 N–H and O–H groups in total. The van der Waals surface area contributed by atoms with Gasteiger partial charge in [-0.15, -0.1) is 0 Å². The second-order valence-electron chi connectivity index (χ2n) is 5.22. The lowest BCUT2D eigenvalue weighted by molar-refractivity contribution is -0.184. The molecule has 2 rings (SSSR count). The number of nitrogens with zero attached hydrogens (tertiary/aromatic N) is 1. The van der Waals surface area contributed by atoms with Crippen molar-refractivity contribution in [2.75, 3.05) is 0 Å². The Labute approximate surface area is 130 Å². The summed E-state index contributed by atoms with van der Waals surface area (Å²) in [6, 6.07) is 1.11. The van der Waals surface area contributed by atoms with Gasteiger partial charge < -0.3 is 14.2 Å². The monoisotopic (exact) mass is 324 g/mol. The Hall–Kier alpha value is -2.84. The first-order valence-electron chi connectivity index (χ1n) is 6.69. The van der Waals surface area contributed by atoms with Crippen LogP contribution in [0, 0.1) is 0 Å². The molecule has 9 nitrogen and oxygen atoms in total. The number of esters is 2. The number of carbonyl (C=O) groups excluding carboxylic acids is 2. The molecule has 124 valence electrons. The number of H-pyrrole nitrogens is 1. The molecule has 0 radical (unpaired) electrons. The van der Waals surface area contributed by atoms with E-state index >= 15 is 0 Å². The lowest BCUT2D eigenvalue weighted by Gasteiger charge is -2.32. The number of hydrogen-bond donors (Lipinski definition) is 1. The standard InChI is InChI=1S/C14H16N2O7/c1-7-11(22-8(2)17)14(4,23-9(3)18)12(21-7)16-6-5-10(19)15-13(16)20/h5-6,11-12H,1H2,2-4H3,(H,15,19,20)/t11-,12-,14-/m1/s1. The zero-order chi connectivity index (χ0) is 17.4. The van der Waals surface area contributed by atoms with Gasteiger partial charge in [0.15, 0.2) is 0 Å². The molecule has 1 saturated heterocycles. The smallest absolute Gasteiger partial charge is 0.331 e. The highest BCUT2D eigenvalue weighted by molar-refractivity contribution is 5.68. The summed E-state index contributed by atoms with van der Waals surface area (Å²) in [7, 11) is 0. The van der Waals surface area contributed by atoms with Crippen LogP contribution in [-0.4, -0.2) is 33.2 Å². The van der Waals surface area contributed by atoms with Crippen LogP contribution in [0.25, 0.3) is 0 Å². The van der Waals surface area contributed by atoms with E-state index in [1.807, 2.05) is 0 Å². The number of nitrogens with one attached hydrogen (secondary N) is 1. The average molecular weight is 324 g/mol. The van der Waals surface area contributed by atoms with Gasteiger partial charge in [0.25, 0.3) is 5.56 Å². The minimum absolute atomic E-state index is 0.0204. The predicted molar refractivity (Wildman–Crippen MR) is 76.3 cm³/mol. The van der Waals surface area contributed by atoms with Gasteiger partial charge in [-0.25, -0.2) is 4.79 Å². The SMILES string of the molecule is C=C1O[C@@H](n2ccc(=O)[nH]c2=O)[C@](C)(OC(C)=O)[C@@H]1OC(C)=O. The van der Waals surface area contributed by atoms with Crippen LogP contribution in [0.3, 0.4) is 0 Å². The zero-order valence-electron chi connectivity index (χ0n) is 12.8. The Balaban J connectivity index is 2.55. The Morgan fingerprint density at radius 2 is 2.00 bits per heavy atom. The van der Waals surface area contributed by atoms with Crippen LogP contribution in [0.5, 0.6) is 0 Å². The predicted octanol–water partition coefficient (Wildman–Crippen LogP) is -0.167. The lowest BCUT2D eigenvalue weighted by Crippen LogP contribution is -2.49. The maximum Gasteiger partial charge on any atom is 0.331 e. The summed E-state index contributed by atoms with van der Waals surface area (Å²) >= 11 is 0. The van der Waals surface area contributed by atoms with Crippen LogP contribution in [-0.2, 0) is 23.8 Å². The van der Waals surface area contributed by atoms with Gasteiger partial charge in [-0.05, 0) is 6.92 Å². The van der Waals surface area contributed by atoms with Gasteiger partial charge in [0.1, 0.15) is 5.76 Å². The van der Waals surface area contributed by atoms with Gasteiger partial charge in [0.2, 0.25) is 17.9 Å². The van der Waals surface area contributed by atoms with Crippen LogP contribution in [0.1, 0.15) is 27.0 Å². The van der Waals surface area contributed by atoms with Crippen molar-refractivity contribution in [3.05, 3.63) is 45.4 Å². The lowest BCUT2D eigenvalue weighted by atomic mass is 9.98. The van der Waals surface area contributed by atoms with E-state index in [0.29, 0.717) is 0 Å². The Bertz CT molecular complexity index is 778. The maximum absolute atomic E-state index is 12.0. The first-order chi connectivity index (χ1) is 10.6. The van der Waals surface area contributed by atoms with E-state index in [2.05, 4.69) is 11.6 Å². The summed E-state index contributed by atoms with van der Waals surface area (Å²) in [5.74, 6) is -1.27. The Morgan fingerprint density at radius 1 is 1.35 bits per heavy atom. The molecule has 9 heteroatoms. The molecule has 1 aliphatic heterocycles. The van der Waals surface area contributed by atoms with Gasteiger partial charge in [0, 0.05) is 26.1 Å². The van der Waals surface area contributed by atoms with Crippen LogP contribution in [0.4, 0.5) is 0 Å². The van der Waals surface area contributed by atoms with Crippen LogP contribution in [0.15, 0.2) is 34.2 Å². The van der Waals surface area contributed by atoms with Crippen molar-refractivity contribution in [1.82, 2.24) is 9.55 Å². The average Bonchev–Trinajstić information content (AvgIpc) is 2.62. The van der Waals surface area contributed by atoms with E-state index < -0.39 is 41.1 Å². The van der Waals surface area contributed by atoms with Gasteiger partial charge in [-0.3, -0.25) is 23.9 Å². The summed E-state index contributed by atoms with van der Waals surface area (Å²) in [6.07, 6.45) is -1.07. The minimum Gasteiger partial charge on any atom is -0.466 e. The van der Waals surface area contributed by atoms with Gasteiger partial charge in [0.05, 0.1) is 0 Å². The van der Waals surface area contributed by atoms with Crippen LogP contribution < -0.4 is 11.2 Å². The van der Waals surface area contributed by atoms with E-state index in [1.54, 1.807) is 0 Å². The van der Waals surface area contributed by atoms with Crippen molar-refractivity contribution in [2.45, 2.75) is 38.7 Å². The fraction of sp³-hybridized carbons (Fsp3) is 0.429. The highest BCUT2D eigenvalue weighted by Gasteiger charge is 2.57. The van der Waals surface area contributed by atoms with E-state index in [1.165, 1.54) is 27.0 Å². The minimum atomic E-state index is -1.53. The van der Waals surface area contributed by atoms with E-state index in [0.717, 1.165) is 10.6 Å². The molecule has 0 amide bonds. The van der Waals surface area contributed by atoms with Gasteiger partial charge in [-0.1, -0.05) is 6.58 Å². The molecule has 1 aliphatic rings. The largest absolute Gasteiger partial charge is 0.466 e. The van der Waals surface area contributed by atoms with Gasteiger partial charge in [-0.2, -0.15) is 0 Å². The third kappa shape index (κ3) is 3.03. The zero-order valence-corrected chi connectivity index (χ0v) is 12.8. The number of aromatic nitrogens is 2. The van der Waals surface area contributed by atoms with E-state index in [4.69, 9.17) is 14.2 Å². The molecule has 0 aliphatic carbocycles. The molecule has 0 saturated carbocycles. The highest BCUT2D eigenvalue weighted by Crippen LogP contribution is 2.43. The fourth-order valence-electron chi connectivity index (χ4n) is 2.48. The van der Waals surface area contributed by atoms with Crippen molar-refractivity contribution < 1.29 is 23.8 Å². The van der Waals surface area contributed by atoms with Crippen LogP contribution >= 0.6 is 0 Å². The van der Waals surface area contributed by atoms with Gasteiger partial charge >= 0.3 is 17.6 Å². The number of aromatic amines is 1. The number of hydrogen-bond acceptors (Lipinski definition) is 7. The third-order valence-electron chi connectivity index (χ3n) is 3.32. The summed E-state index contributed by atoms with van der Waals surface area (Å²) in [6.45, 7) is 7.44. The summed E-state index contributed by atoms with van der Waals surface area (Å²) in [5, 5.41) is 0. The molecule has 0 spiro atoms. The molecule has 0 aromatic carbocycles. The fourth-order valence-corrected chi connectivity index (χ4v) is 2.48. The summed E-state index contributed by atoms with van der Waals surface area (Å²) in [4.78, 5) is 48.0. The second kappa shape index (κ2) is 5.75. The summed E-state index contributed by atoms with van der Waals surface area (Å²) < 4.78 is 16.9. The molecule has 1 fully saturated rings. The number of rotatable bonds is 3. The van der Waals surface area contributed by atoms with Crippen molar-refractivity contribution in [2.24, 2.45) is 0 Å². The molecule has 0 unspecified atom stereocenters. The van der Waals surface area contributed by atoms with E-state index in [-0.39, 0.29) is 5.76 Å². The molecule has 1 aromatic heterocycles. The Kier molecular flexibility index (Phi) is 4.13. The van der Waals surface area contributed by atoms with Crippen LogP contribution in [0.2, 0.25) is 0 Å².